The van der Waals surface area contributed by atoms with Crippen molar-refractivity contribution in [1.82, 2.24) is 0 Å². The first-order valence-corrected chi connectivity index (χ1v) is 7.21. The fourth-order valence-electron chi connectivity index (χ4n) is 1.98. The van der Waals surface area contributed by atoms with E-state index in [9.17, 15) is 5.11 Å². The Morgan fingerprint density at radius 3 is 2.29 bits per heavy atom. The fraction of sp³-hybridized carbons (Fsp3) is 0.250. The Balaban J connectivity index is 2.33. The van der Waals surface area contributed by atoms with E-state index in [1.807, 2.05) is 30.3 Å². The summed E-state index contributed by atoms with van der Waals surface area (Å²) in [5.74, 6) is 1.54. The van der Waals surface area contributed by atoms with Crippen LogP contribution in [0.15, 0.2) is 40.9 Å². The highest BCUT2D eigenvalue weighted by molar-refractivity contribution is 9.10. The number of benzene rings is 2. The van der Waals surface area contributed by atoms with Gasteiger partial charge in [-0.2, -0.15) is 0 Å². The van der Waals surface area contributed by atoms with Gasteiger partial charge in [-0.05, 0) is 33.1 Å². The van der Waals surface area contributed by atoms with Crippen molar-refractivity contribution < 1.29 is 19.3 Å². The number of aliphatic hydroxyl groups excluding tert-OH is 1. The predicted molar refractivity (Wildman–Crippen MR) is 83.9 cm³/mol. The smallest absolute Gasteiger partial charge is 0.204 e. The van der Waals surface area contributed by atoms with Crippen molar-refractivity contribution >= 4 is 15.9 Å². The van der Waals surface area contributed by atoms with E-state index in [0.717, 1.165) is 5.56 Å². The highest BCUT2D eigenvalue weighted by Gasteiger charge is 2.19. The van der Waals surface area contributed by atoms with Gasteiger partial charge < -0.3 is 19.3 Å². The van der Waals surface area contributed by atoms with Gasteiger partial charge in [0.25, 0.3) is 0 Å². The van der Waals surface area contributed by atoms with Crippen LogP contribution in [0.3, 0.4) is 0 Å². The molecule has 0 spiro atoms. The zero-order valence-electron chi connectivity index (χ0n) is 11.9. The third kappa shape index (κ3) is 3.49. The molecular formula is C16H17BrO4. The summed E-state index contributed by atoms with van der Waals surface area (Å²) in [5, 5.41) is 9.43. The van der Waals surface area contributed by atoms with E-state index in [-0.39, 0.29) is 6.61 Å². The molecule has 112 valence electrons. The SMILES string of the molecule is COc1c(OCc2ccccc2)cc(CO)c(Br)c1OC. The number of aliphatic hydroxyl groups is 1. The van der Waals surface area contributed by atoms with Crippen LogP contribution >= 0.6 is 15.9 Å². The molecule has 0 atom stereocenters. The Labute approximate surface area is 132 Å². The summed E-state index contributed by atoms with van der Waals surface area (Å²) < 4.78 is 17.2. The number of hydrogen-bond donors (Lipinski definition) is 1. The Bertz CT molecular complexity index is 599. The lowest BCUT2D eigenvalue weighted by Crippen LogP contribution is -2.02. The van der Waals surface area contributed by atoms with Gasteiger partial charge in [-0.1, -0.05) is 30.3 Å². The van der Waals surface area contributed by atoms with E-state index in [4.69, 9.17) is 14.2 Å². The molecule has 0 amide bonds. The number of halogens is 1. The van der Waals surface area contributed by atoms with Gasteiger partial charge in [0.05, 0.1) is 25.3 Å². The molecule has 0 radical (unpaired) electrons. The molecule has 0 aliphatic rings. The largest absolute Gasteiger partial charge is 0.492 e. The number of rotatable bonds is 6. The van der Waals surface area contributed by atoms with Crippen LogP contribution in [-0.4, -0.2) is 19.3 Å². The van der Waals surface area contributed by atoms with Crippen LogP contribution in [-0.2, 0) is 13.2 Å². The normalized spacial score (nSPS) is 10.3. The predicted octanol–water partition coefficient (Wildman–Crippen LogP) is 3.54. The average Bonchev–Trinajstić information content (AvgIpc) is 2.53. The maximum absolute atomic E-state index is 9.43. The van der Waals surface area contributed by atoms with Crippen LogP contribution in [0, 0.1) is 0 Å². The van der Waals surface area contributed by atoms with Gasteiger partial charge in [0.15, 0.2) is 11.5 Å². The summed E-state index contributed by atoms with van der Waals surface area (Å²) in [6, 6.07) is 11.6. The molecule has 0 fully saturated rings. The monoisotopic (exact) mass is 352 g/mol. The Morgan fingerprint density at radius 2 is 1.71 bits per heavy atom. The third-order valence-corrected chi connectivity index (χ3v) is 3.90. The lowest BCUT2D eigenvalue weighted by molar-refractivity contribution is 0.263. The van der Waals surface area contributed by atoms with Gasteiger partial charge in [-0.3, -0.25) is 0 Å². The second-order valence-corrected chi connectivity index (χ2v) is 5.14. The molecule has 0 aliphatic carbocycles. The molecule has 1 N–H and O–H groups in total. The lowest BCUT2D eigenvalue weighted by atomic mass is 10.2. The number of hydrogen-bond acceptors (Lipinski definition) is 4. The average molecular weight is 353 g/mol. The summed E-state index contributed by atoms with van der Waals surface area (Å²) in [6.45, 7) is 0.287. The summed E-state index contributed by atoms with van der Waals surface area (Å²) in [6.07, 6.45) is 0. The maximum atomic E-state index is 9.43. The minimum atomic E-state index is -0.122. The quantitative estimate of drug-likeness (QED) is 0.863. The minimum Gasteiger partial charge on any atom is -0.492 e. The molecule has 0 heterocycles. The molecule has 2 rings (SSSR count). The van der Waals surface area contributed by atoms with E-state index in [1.165, 1.54) is 0 Å². The van der Waals surface area contributed by atoms with E-state index >= 15 is 0 Å². The van der Waals surface area contributed by atoms with Crippen molar-refractivity contribution in [2.75, 3.05) is 14.2 Å². The molecule has 0 aliphatic heterocycles. The van der Waals surface area contributed by atoms with E-state index < -0.39 is 0 Å². The Hall–Kier alpha value is -1.72. The summed E-state index contributed by atoms with van der Waals surface area (Å²) in [5.41, 5.74) is 1.72. The standard InChI is InChI=1S/C16H17BrO4/c1-19-15-13(21-10-11-6-4-3-5-7-11)8-12(9-18)14(17)16(15)20-2/h3-8,18H,9-10H2,1-2H3. The zero-order valence-corrected chi connectivity index (χ0v) is 13.5. The number of ether oxygens (including phenoxy) is 3. The van der Waals surface area contributed by atoms with Gasteiger partial charge in [0.1, 0.15) is 6.61 Å². The second kappa shape index (κ2) is 7.33. The van der Waals surface area contributed by atoms with Gasteiger partial charge >= 0.3 is 0 Å². The molecule has 0 saturated carbocycles. The van der Waals surface area contributed by atoms with Crippen molar-refractivity contribution in [2.24, 2.45) is 0 Å². The van der Waals surface area contributed by atoms with Gasteiger partial charge in [0, 0.05) is 0 Å². The maximum Gasteiger partial charge on any atom is 0.204 e. The first kappa shape index (κ1) is 15.7. The molecule has 0 unspecified atom stereocenters. The molecule has 2 aromatic carbocycles. The molecule has 0 bridgehead atoms. The van der Waals surface area contributed by atoms with Crippen LogP contribution in [0.4, 0.5) is 0 Å². The molecule has 4 nitrogen and oxygen atoms in total. The van der Waals surface area contributed by atoms with Crippen molar-refractivity contribution in [3.8, 4) is 17.2 Å². The number of methoxy groups -OCH3 is 2. The van der Waals surface area contributed by atoms with E-state index in [0.29, 0.717) is 33.9 Å². The molecular weight excluding hydrogens is 336 g/mol. The van der Waals surface area contributed by atoms with Gasteiger partial charge in [0.2, 0.25) is 5.75 Å². The van der Waals surface area contributed by atoms with Crippen LogP contribution in [0.2, 0.25) is 0 Å². The molecule has 2 aromatic rings. The van der Waals surface area contributed by atoms with Gasteiger partial charge in [-0.15, -0.1) is 0 Å². The summed E-state index contributed by atoms with van der Waals surface area (Å²) >= 11 is 3.40. The van der Waals surface area contributed by atoms with Crippen LogP contribution in [0.5, 0.6) is 17.2 Å². The van der Waals surface area contributed by atoms with Crippen molar-refractivity contribution in [3.05, 3.63) is 52.0 Å². The van der Waals surface area contributed by atoms with Crippen molar-refractivity contribution in [1.29, 1.82) is 0 Å². The second-order valence-electron chi connectivity index (χ2n) is 4.35. The van der Waals surface area contributed by atoms with Gasteiger partial charge in [-0.25, -0.2) is 0 Å². The highest BCUT2D eigenvalue weighted by Crippen LogP contribution is 2.45. The molecule has 5 heteroatoms. The zero-order chi connectivity index (χ0) is 15.2. The fourth-order valence-corrected chi connectivity index (χ4v) is 2.56. The third-order valence-electron chi connectivity index (χ3n) is 3.03. The molecule has 0 saturated heterocycles. The topological polar surface area (TPSA) is 47.9 Å². The highest BCUT2D eigenvalue weighted by atomic mass is 79.9. The Morgan fingerprint density at radius 1 is 1.05 bits per heavy atom. The molecule has 21 heavy (non-hydrogen) atoms. The summed E-state index contributed by atoms with van der Waals surface area (Å²) in [7, 11) is 3.10. The minimum absolute atomic E-state index is 0.122. The lowest BCUT2D eigenvalue weighted by Gasteiger charge is -2.17. The van der Waals surface area contributed by atoms with Crippen LogP contribution in [0.1, 0.15) is 11.1 Å². The Kier molecular flexibility index (Phi) is 5.47. The first-order chi connectivity index (χ1) is 10.2. The van der Waals surface area contributed by atoms with E-state index in [1.54, 1.807) is 20.3 Å². The van der Waals surface area contributed by atoms with Crippen molar-refractivity contribution in [3.63, 3.8) is 0 Å². The first-order valence-electron chi connectivity index (χ1n) is 6.42. The van der Waals surface area contributed by atoms with E-state index in [2.05, 4.69) is 15.9 Å². The van der Waals surface area contributed by atoms with Crippen LogP contribution < -0.4 is 14.2 Å². The van der Waals surface area contributed by atoms with Crippen molar-refractivity contribution in [2.45, 2.75) is 13.2 Å². The van der Waals surface area contributed by atoms with Crippen LogP contribution in [0.25, 0.3) is 0 Å². The molecule has 0 aromatic heterocycles. The summed E-state index contributed by atoms with van der Waals surface area (Å²) in [4.78, 5) is 0.